The van der Waals surface area contributed by atoms with Crippen molar-refractivity contribution < 1.29 is 23.9 Å². The molecule has 1 saturated heterocycles. The molecule has 0 aromatic rings. The predicted molar refractivity (Wildman–Crippen MR) is 244 cm³/mol. The number of morpholine rings is 1. The van der Waals surface area contributed by atoms with Gasteiger partial charge in [0.25, 0.3) is 0 Å². The number of amides is 2. The van der Waals surface area contributed by atoms with Gasteiger partial charge in [-0.3, -0.25) is 19.3 Å². The smallest absolute Gasteiger partial charge is 0.306 e. The Morgan fingerprint density at radius 3 is 1.58 bits per heavy atom. The van der Waals surface area contributed by atoms with Gasteiger partial charge in [-0.25, -0.2) is 0 Å². The molecule has 57 heavy (non-hydrogen) atoms. The lowest BCUT2D eigenvalue weighted by molar-refractivity contribution is -0.143. The second-order valence-corrected chi connectivity index (χ2v) is 18.2. The monoisotopic (exact) mass is 824 g/mol. The minimum atomic E-state index is -0.557. The Morgan fingerprint density at radius 1 is 0.579 bits per heavy atom. The molecule has 1 aliphatic rings. The lowest BCUT2D eigenvalue weighted by Gasteiger charge is -2.26. The average Bonchev–Trinajstić information content (AvgIpc) is 3.22. The quantitative estimate of drug-likeness (QED) is 0.0467. The SMILES string of the molecule is CCCCCCCCCCCCCCCCCCOC(=O)CCSCCC(NC(=O)C(CCCCCC)CCCCCCCC)C(=O)NCCCN1CCOCC1. The van der Waals surface area contributed by atoms with Gasteiger partial charge in [0.2, 0.25) is 11.8 Å². The van der Waals surface area contributed by atoms with E-state index in [2.05, 4.69) is 36.3 Å². The van der Waals surface area contributed by atoms with Crippen molar-refractivity contribution in [3.05, 3.63) is 0 Å². The number of hydrogen-bond acceptors (Lipinski definition) is 7. The van der Waals surface area contributed by atoms with E-state index in [-0.39, 0.29) is 23.7 Å². The van der Waals surface area contributed by atoms with Gasteiger partial charge in [-0.2, -0.15) is 11.8 Å². The van der Waals surface area contributed by atoms with Crippen LogP contribution in [0.2, 0.25) is 0 Å². The van der Waals surface area contributed by atoms with Gasteiger partial charge in [0.05, 0.1) is 26.2 Å². The lowest BCUT2D eigenvalue weighted by Crippen LogP contribution is -2.49. The van der Waals surface area contributed by atoms with Crippen LogP contribution >= 0.6 is 11.8 Å². The molecule has 8 nitrogen and oxygen atoms in total. The van der Waals surface area contributed by atoms with Crippen LogP contribution in [0, 0.1) is 5.92 Å². The molecule has 2 atom stereocenters. The first-order valence-electron chi connectivity index (χ1n) is 24.6. The standard InChI is InChI=1S/C48H93N3O5S/c1-4-7-10-13-15-16-17-18-19-20-21-22-23-24-26-29-39-56-46(52)34-43-57-42-33-45(48(54)49-35-30-36-51-37-40-55-41-38-51)50-47(53)44(31-27-12-9-6-3)32-28-25-14-11-8-5-2/h44-45H,4-43H2,1-3H3,(H,49,54)(H,50,53). The molecule has 0 saturated carbocycles. The van der Waals surface area contributed by atoms with Crippen molar-refractivity contribution in [1.29, 1.82) is 0 Å². The zero-order valence-corrected chi connectivity index (χ0v) is 38.7. The fraction of sp³-hybridized carbons (Fsp3) is 0.938. The van der Waals surface area contributed by atoms with Crippen LogP contribution in [0.5, 0.6) is 0 Å². The third-order valence-electron chi connectivity index (χ3n) is 11.6. The Bertz CT molecular complexity index is 919. The highest BCUT2D eigenvalue weighted by Gasteiger charge is 2.25. The maximum Gasteiger partial charge on any atom is 0.306 e. The predicted octanol–water partition coefficient (Wildman–Crippen LogP) is 12.0. The van der Waals surface area contributed by atoms with E-state index >= 15 is 0 Å². The van der Waals surface area contributed by atoms with Crippen LogP contribution in [0.4, 0.5) is 0 Å². The van der Waals surface area contributed by atoms with Crippen molar-refractivity contribution in [2.75, 3.05) is 57.5 Å². The summed E-state index contributed by atoms with van der Waals surface area (Å²) < 4.78 is 11.0. The Morgan fingerprint density at radius 2 is 1.05 bits per heavy atom. The summed E-state index contributed by atoms with van der Waals surface area (Å²) in [6.07, 6.45) is 36.7. The number of unbranched alkanes of at least 4 members (excludes halogenated alkanes) is 23. The number of carbonyl (C=O) groups excluding carboxylic acids is 3. The number of esters is 1. The van der Waals surface area contributed by atoms with E-state index in [9.17, 15) is 14.4 Å². The van der Waals surface area contributed by atoms with Gasteiger partial charge in [0.1, 0.15) is 6.04 Å². The van der Waals surface area contributed by atoms with E-state index in [4.69, 9.17) is 9.47 Å². The number of nitrogens with zero attached hydrogens (tertiary/aromatic N) is 1. The molecule has 1 heterocycles. The molecule has 0 aliphatic carbocycles. The molecule has 2 unspecified atom stereocenters. The highest BCUT2D eigenvalue weighted by atomic mass is 32.2. The third-order valence-corrected chi connectivity index (χ3v) is 12.6. The third kappa shape index (κ3) is 34.1. The Kier molecular flexibility index (Phi) is 39.0. The topological polar surface area (TPSA) is 97.0 Å². The normalized spacial score (nSPS) is 14.4. The highest BCUT2D eigenvalue weighted by molar-refractivity contribution is 7.99. The van der Waals surface area contributed by atoms with Gasteiger partial charge in [-0.1, -0.05) is 181 Å². The van der Waals surface area contributed by atoms with Gasteiger partial charge in [0, 0.05) is 31.3 Å². The molecule has 0 spiro atoms. The first kappa shape index (κ1) is 53.7. The summed E-state index contributed by atoms with van der Waals surface area (Å²) in [4.78, 5) is 42.0. The number of ether oxygens (including phenoxy) is 2. The van der Waals surface area contributed by atoms with Gasteiger partial charge in [-0.15, -0.1) is 0 Å². The van der Waals surface area contributed by atoms with Gasteiger partial charge >= 0.3 is 5.97 Å². The minimum Gasteiger partial charge on any atom is -0.466 e. The van der Waals surface area contributed by atoms with Crippen LogP contribution in [-0.4, -0.2) is 86.2 Å². The van der Waals surface area contributed by atoms with E-state index in [1.165, 1.54) is 135 Å². The number of thioether (sulfide) groups is 1. The van der Waals surface area contributed by atoms with Crippen molar-refractivity contribution in [2.24, 2.45) is 5.92 Å². The van der Waals surface area contributed by atoms with Crippen molar-refractivity contribution in [1.82, 2.24) is 15.5 Å². The maximum atomic E-state index is 13.7. The van der Waals surface area contributed by atoms with E-state index in [1.807, 2.05) is 0 Å². The van der Waals surface area contributed by atoms with Gasteiger partial charge in [-0.05, 0) is 44.4 Å². The average molecular weight is 824 g/mol. The molecule has 1 fully saturated rings. The van der Waals surface area contributed by atoms with Crippen molar-refractivity contribution >= 4 is 29.5 Å². The molecule has 2 N–H and O–H groups in total. The molecule has 0 aromatic heterocycles. The van der Waals surface area contributed by atoms with Crippen LogP contribution in [-0.2, 0) is 23.9 Å². The fourth-order valence-electron chi connectivity index (χ4n) is 7.78. The lowest BCUT2D eigenvalue weighted by atomic mass is 9.93. The van der Waals surface area contributed by atoms with Crippen molar-refractivity contribution in [3.8, 4) is 0 Å². The molecule has 9 heteroatoms. The first-order valence-corrected chi connectivity index (χ1v) is 25.8. The molecule has 2 amide bonds. The zero-order valence-electron chi connectivity index (χ0n) is 37.8. The van der Waals surface area contributed by atoms with Crippen LogP contribution in [0.3, 0.4) is 0 Å². The summed E-state index contributed by atoms with van der Waals surface area (Å²) in [6, 6.07) is -0.557. The van der Waals surface area contributed by atoms with Gasteiger partial charge in [0.15, 0.2) is 0 Å². The summed E-state index contributed by atoms with van der Waals surface area (Å²) in [5.74, 6) is 1.15. The fourth-order valence-corrected chi connectivity index (χ4v) is 8.70. The molecule has 1 rings (SSSR count). The van der Waals surface area contributed by atoms with E-state index in [0.717, 1.165) is 84.2 Å². The number of hydrogen-bond donors (Lipinski definition) is 2. The van der Waals surface area contributed by atoms with E-state index in [0.29, 0.717) is 37.5 Å². The Hall–Kier alpha value is -1.32. The molecular weight excluding hydrogens is 731 g/mol. The molecule has 0 aromatic carbocycles. The second-order valence-electron chi connectivity index (χ2n) is 16.9. The molecular formula is C48H93N3O5S. The summed E-state index contributed by atoms with van der Waals surface area (Å²) in [7, 11) is 0. The molecule has 0 bridgehead atoms. The summed E-state index contributed by atoms with van der Waals surface area (Å²) >= 11 is 1.67. The molecule has 336 valence electrons. The van der Waals surface area contributed by atoms with E-state index < -0.39 is 6.04 Å². The van der Waals surface area contributed by atoms with Crippen LogP contribution in [0.1, 0.15) is 220 Å². The summed E-state index contributed by atoms with van der Waals surface area (Å²) in [5, 5.41) is 6.33. The zero-order chi connectivity index (χ0) is 41.3. The van der Waals surface area contributed by atoms with Crippen LogP contribution < -0.4 is 10.6 Å². The number of rotatable bonds is 42. The van der Waals surface area contributed by atoms with Crippen LogP contribution in [0.15, 0.2) is 0 Å². The van der Waals surface area contributed by atoms with Crippen molar-refractivity contribution in [2.45, 2.75) is 226 Å². The number of carbonyl (C=O) groups is 3. The molecule has 0 radical (unpaired) electrons. The largest absolute Gasteiger partial charge is 0.466 e. The summed E-state index contributed by atoms with van der Waals surface area (Å²) in [6.45, 7) is 12.2. The number of nitrogens with one attached hydrogen (secondary N) is 2. The molecule has 1 aliphatic heterocycles. The van der Waals surface area contributed by atoms with Gasteiger partial charge < -0.3 is 20.1 Å². The van der Waals surface area contributed by atoms with Crippen LogP contribution in [0.25, 0.3) is 0 Å². The highest BCUT2D eigenvalue weighted by Crippen LogP contribution is 2.20. The maximum absolute atomic E-state index is 13.7. The summed E-state index contributed by atoms with van der Waals surface area (Å²) in [5.41, 5.74) is 0. The second kappa shape index (κ2) is 41.4. The van der Waals surface area contributed by atoms with E-state index in [1.54, 1.807) is 11.8 Å². The minimum absolute atomic E-state index is 0.0381. The van der Waals surface area contributed by atoms with Crippen molar-refractivity contribution in [3.63, 3.8) is 0 Å². The Labute approximate surface area is 357 Å². The Balaban J connectivity index is 2.36. The first-order chi connectivity index (χ1) is 28.0.